The molecule has 0 aromatic rings. The van der Waals surface area contributed by atoms with E-state index in [0.29, 0.717) is 12.8 Å². The predicted molar refractivity (Wildman–Crippen MR) is 252 cm³/mol. The first kappa shape index (κ1) is 59.1. The molecular weight excluding hydrogens is 853 g/mol. The van der Waals surface area contributed by atoms with Gasteiger partial charge >= 0.3 is 11.9 Å². The van der Waals surface area contributed by atoms with Crippen LogP contribution < -0.4 is 0 Å². The number of hydrogen-bond acceptors (Lipinski definition) is 15. The van der Waals surface area contributed by atoms with Gasteiger partial charge in [0.05, 0.1) is 19.8 Å². The molecule has 0 saturated carbocycles. The van der Waals surface area contributed by atoms with E-state index >= 15 is 0 Å². The van der Waals surface area contributed by atoms with Crippen molar-refractivity contribution >= 4 is 11.9 Å². The molecule has 0 aromatic heterocycles. The monoisotopic (exact) mass is 937 g/mol. The van der Waals surface area contributed by atoms with Crippen LogP contribution >= 0.6 is 0 Å². The van der Waals surface area contributed by atoms with Crippen LogP contribution in [0, 0.1) is 0 Å². The Bertz CT molecular complexity index is 1430. The molecule has 0 unspecified atom stereocenters. The van der Waals surface area contributed by atoms with E-state index in [1.807, 2.05) is 0 Å². The molecule has 0 amide bonds. The lowest BCUT2D eigenvalue weighted by atomic mass is 9.98. The molecule has 2 fully saturated rings. The van der Waals surface area contributed by atoms with Crippen molar-refractivity contribution in [3.63, 3.8) is 0 Å². The second-order valence-electron chi connectivity index (χ2n) is 16.9. The number of carbonyl (C=O) groups is 2. The van der Waals surface area contributed by atoms with E-state index in [4.69, 9.17) is 28.4 Å². The van der Waals surface area contributed by atoms with Crippen LogP contribution in [0.25, 0.3) is 0 Å². The summed E-state index contributed by atoms with van der Waals surface area (Å²) >= 11 is 0. The molecule has 11 atom stereocenters. The molecule has 0 aliphatic carbocycles. The molecule has 15 nitrogen and oxygen atoms in total. The highest BCUT2D eigenvalue weighted by Gasteiger charge is 2.47. The largest absolute Gasteiger partial charge is 0.462 e. The first-order valence-corrected chi connectivity index (χ1v) is 24.5. The van der Waals surface area contributed by atoms with Crippen LogP contribution in [-0.4, -0.2) is 142 Å². The number of unbranched alkanes of at least 4 members (excludes halogenated alkanes) is 10. The average Bonchev–Trinajstić information content (AvgIpc) is 3.31. The zero-order valence-corrected chi connectivity index (χ0v) is 39.6. The molecular formula is C51H84O15. The molecule has 66 heavy (non-hydrogen) atoms. The van der Waals surface area contributed by atoms with E-state index in [0.717, 1.165) is 103 Å². The van der Waals surface area contributed by atoms with Crippen molar-refractivity contribution in [3.05, 3.63) is 72.9 Å². The molecule has 0 spiro atoms. The highest BCUT2D eigenvalue weighted by atomic mass is 16.7. The van der Waals surface area contributed by atoms with Crippen molar-refractivity contribution in [2.24, 2.45) is 0 Å². The fraction of sp³-hybridized carbons (Fsp3) is 0.725. The number of aliphatic hydroxyl groups excluding tert-OH is 7. The van der Waals surface area contributed by atoms with Crippen molar-refractivity contribution in [3.8, 4) is 0 Å². The maximum absolute atomic E-state index is 13.0. The minimum absolute atomic E-state index is 0.138. The number of rotatable bonds is 36. The second kappa shape index (κ2) is 37.9. The van der Waals surface area contributed by atoms with E-state index in [-0.39, 0.29) is 19.4 Å². The van der Waals surface area contributed by atoms with Crippen LogP contribution in [0.1, 0.15) is 142 Å². The molecule has 378 valence electrons. The maximum atomic E-state index is 13.0. The van der Waals surface area contributed by atoms with Crippen molar-refractivity contribution in [2.45, 2.75) is 210 Å². The predicted octanol–water partition coefficient (Wildman–Crippen LogP) is 6.26. The highest BCUT2D eigenvalue weighted by molar-refractivity contribution is 5.70. The third-order valence-electron chi connectivity index (χ3n) is 11.2. The fourth-order valence-corrected chi connectivity index (χ4v) is 7.18. The van der Waals surface area contributed by atoms with Gasteiger partial charge in [-0.25, -0.2) is 0 Å². The molecule has 0 aromatic carbocycles. The standard InChI is InChI=1S/C51H84O15/c1-3-5-7-9-11-13-15-17-19-21-23-25-27-29-31-33-42(53)61-36-39(64-43(54)34-32-30-28-26-24-22-20-18-16-14-12-10-8-6-4-2)37-62-50-49(60)47(58)45(56)41(66-50)38-63-51-48(59)46(57)44(55)40(35-52)65-51/h5-8,11-14,17-20,39-41,44-52,55-60H,3-4,9-10,15-16,21-38H2,1-2H3/b7-5-,8-6-,13-11-,14-12-,19-17-,20-18-/t39-,40-,41-,44+,45+,46+,47+,48-,49-,50-,51-/m1/s1. The van der Waals surface area contributed by atoms with Crippen LogP contribution in [0.3, 0.4) is 0 Å². The molecule has 2 aliphatic rings. The lowest BCUT2D eigenvalue weighted by Gasteiger charge is -2.42. The number of hydrogen-bond donors (Lipinski definition) is 7. The van der Waals surface area contributed by atoms with E-state index in [1.54, 1.807) is 0 Å². The van der Waals surface area contributed by atoms with Crippen molar-refractivity contribution in [1.29, 1.82) is 0 Å². The first-order valence-electron chi connectivity index (χ1n) is 24.5. The molecule has 2 aliphatic heterocycles. The van der Waals surface area contributed by atoms with Gasteiger partial charge in [-0.05, 0) is 77.0 Å². The van der Waals surface area contributed by atoms with E-state index in [1.165, 1.54) is 0 Å². The zero-order valence-electron chi connectivity index (χ0n) is 39.6. The molecule has 0 radical (unpaired) electrons. The van der Waals surface area contributed by atoms with Crippen LogP contribution in [-0.2, 0) is 38.0 Å². The third kappa shape index (κ3) is 25.9. The van der Waals surface area contributed by atoms with Crippen LogP contribution in [0.4, 0.5) is 0 Å². The van der Waals surface area contributed by atoms with Gasteiger partial charge in [0.15, 0.2) is 18.7 Å². The Kier molecular flexibility index (Phi) is 33.9. The maximum Gasteiger partial charge on any atom is 0.306 e. The Hall–Kier alpha value is -3.06. The lowest BCUT2D eigenvalue weighted by molar-refractivity contribution is -0.332. The van der Waals surface area contributed by atoms with E-state index in [2.05, 4.69) is 86.8 Å². The summed E-state index contributed by atoms with van der Waals surface area (Å²) in [5, 5.41) is 72.0. The number of esters is 2. The highest BCUT2D eigenvalue weighted by Crippen LogP contribution is 2.26. The summed E-state index contributed by atoms with van der Waals surface area (Å²) < 4.78 is 33.5. The van der Waals surface area contributed by atoms with Crippen LogP contribution in [0.5, 0.6) is 0 Å². The topological polar surface area (TPSA) is 231 Å². The SMILES string of the molecule is CC/C=C\C/C=C\C/C=C\CCCCCCCC(=O)OC[C@H](CO[C@@H]1O[C@H](CO[C@@H]2O[C@H](CO)[C@H](O)[C@H](O)[C@H]2O)[C@H](O)[C@H](O)[C@H]1O)OC(=O)CCCCCCC/C=C\C/C=C\C/C=C\CC. The lowest BCUT2D eigenvalue weighted by Crippen LogP contribution is -2.61. The second-order valence-corrected chi connectivity index (χ2v) is 16.9. The van der Waals surface area contributed by atoms with Gasteiger partial charge in [-0.2, -0.15) is 0 Å². The summed E-state index contributed by atoms with van der Waals surface area (Å²) in [7, 11) is 0. The van der Waals surface area contributed by atoms with Gasteiger partial charge in [0.1, 0.15) is 55.4 Å². The quantitative estimate of drug-likeness (QED) is 0.0209. The number of allylic oxidation sites excluding steroid dienone is 12. The van der Waals surface area contributed by atoms with E-state index < -0.39 is 99.3 Å². The van der Waals surface area contributed by atoms with Crippen molar-refractivity contribution in [2.75, 3.05) is 26.4 Å². The summed E-state index contributed by atoms with van der Waals surface area (Å²) in [6.45, 7) is 2.30. The summed E-state index contributed by atoms with van der Waals surface area (Å²) in [5.74, 6) is -0.973. The van der Waals surface area contributed by atoms with Gasteiger partial charge in [-0.1, -0.05) is 125 Å². The zero-order chi connectivity index (χ0) is 48.2. The summed E-state index contributed by atoms with van der Waals surface area (Å²) in [5.41, 5.74) is 0. The molecule has 15 heteroatoms. The third-order valence-corrected chi connectivity index (χ3v) is 11.2. The number of carbonyl (C=O) groups excluding carboxylic acids is 2. The van der Waals surface area contributed by atoms with Crippen LogP contribution in [0.15, 0.2) is 72.9 Å². The summed E-state index contributed by atoms with van der Waals surface area (Å²) in [4.78, 5) is 25.7. The van der Waals surface area contributed by atoms with Gasteiger partial charge in [-0.15, -0.1) is 0 Å². The van der Waals surface area contributed by atoms with Gasteiger partial charge in [0, 0.05) is 12.8 Å². The Morgan fingerprint density at radius 3 is 1.42 bits per heavy atom. The van der Waals surface area contributed by atoms with E-state index in [9.17, 15) is 45.3 Å². The molecule has 2 saturated heterocycles. The molecule has 2 heterocycles. The summed E-state index contributed by atoms with van der Waals surface area (Å²) in [6, 6.07) is 0. The average molecular weight is 937 g/mol. The number of ether oxygens (including phenoxy) is 6. The smallest absolute Gasteiger partial charge is 0.306 e. The Labute approximate surface area is 393 Å². The number of aliphatic hydroxyl groups is 7. The first-order chi connectivity index (χ1) is 32.0. The van der Waals surface area contributed by atoms with Crippen LogP contribution in [0.2, 0.25) is 0 Å². The van der Waals surface area contributed by atoms with Gasteiger partial charge < -0.3 is 64.2 Å². The molecule has 7 N–H and O–H groups in total. The van der Waals surface area contributed by atoms with Gasteiger partial charge in [0.25, 0.3) is 0 Å². The molecule has 0 bridgehead atoms. The Morgan fingerprint density at radius 2 is 0.909 bits per heavy atom. The molecule has 2 rings (SSSR count). The Morgan fingerprint density at radius 1 is 0.485 bits per heavy atom. The summed E-state index contributed by atoms with van der Waals surface area (Å²) in [6.07, 6.45) is 26.5. The van der Waals surface area contributed by atoms with Gasteiger partial charge in [-0.3, -0.25) is 9.59 Å². The van der Waals surface area contributed by atoms with Gasteiger partial charge in [0.2, 0.25) is 0 Å². The normalized spacial score (nSPS) is 26.8. The van der Waals surface area contributed by atoms with Crippen molar-refractivity contribution in [1.82, 2.24) is 0 Å². The minimum Gasteiger partial charge on any atom is -0.462 e. The minimum atomic E-state index is -1.77. The fourth-order valence-electron chi connectivity index (χ4n) is 7.18. The van der Waals surface area contributed by atoms with Crippen molar-refractivity contribution < 1.29 is 73.8 Å². The Balaban J connectivity index is 1.84.